The van der Waals surface area contributed by atoms with Crippen molar-refractivity contribution in [2.24, 2.45) is 7.05 Å². The summed E-state index contributed by atoms with van der Waals surface area (Å²) in [6.07, 6.45) is 0. The van der Waals surface area contributed by atoms with Crippen molar-refractivity contribution in [3.05, 3.63) is 69.5 Å². The van der Waals surface area contributed by atoms with Crippen LogP contribution in [0.4, 0.5) is 4.39 Å². The van der Waals surface area contributed by atoms with E-state index in [0.29, 0.717) is 44.0 Å². The number of nitrogens with one attached hydrogen (secondary N) is 1. The van der Waals surface area contributed by atoms with Crippen molar-refractivity contribution in [3.63, 3.8) is 0 Å². The third-order valence-electron chi connectivity index (χ3n) is 4.01. The first-order valence-corrected chi connectivity index (χ1v) is 9.35. The SMILES string of the molecule is Cn1c(SCc2nc3cc(Cl)ccc3c(=O)[nH]2)nnc1-c1ccccc1F. The number of aromatic amines is 1. The van der Waals surface area contributed by atoms with Crippen molar-refractivity contribution in [2.45, 2.75) is 10.9 Å². The molecule has 0 fully saturated rings. The normalized spacial score (nSPS) is 11.2. The van der Waals surface area contributed by atoms with Crippen molar-refractivity contribution in [3.8, 4) is 11.4 Å². The molecule has 9 heteroatoms. The molecule has 0 aliphatic carbocycles. The van der Waals surface area contributed by atoms with Crippen LogP contribution in [0.15, 0.2) is 52.4 Å². The van der Waals surface area contributed by atoms with Gasteiger partial charge >= 0.3 is 0 Å². The van der Waals surface area contributed by atoms with E-state index in [9.17, 15) is 9.18 Å². The third-order valence-corrected chi connectivity index (χ3v) is 5.27. The molecule has 6 nitrogen and oxygen atoms in total. The van der Waals surface area contributed by atoms with Gasteiger partial charge in [0.25, 0.3) is 5.56 Å². The molecule has 4 rings (SSSR count). The van der Waals surface area contributed by atoms with Gasteiger partial charge in [-0.25, -0.2) is 9.37 Å². The van der Waals surface area contributed by atoms with E-state index in [1.54, 1.807) is 48.0 Å². The molecule has 136 valence electrons. The second-order valence-corrected chi connectivity index (χ2v) is 7.19. The Hall–Kier alpha value is -2.71. The van der Waals surface area contributed by atoms with Gasteiger partial charge in [-0.15, -0.1) is 10.2 Å². The summed E-state index contributed by atoms with van der Waals surface area (Å²) in [5.74, 6) is 0.945. The zero-order valence-corrected chi connectivity index (χ0v) is 15.7. The first-order chi connectivity index (χ1) is 13.0. The number of rotatable bonds is 4. The molecule has 0 amide bonds. The third kappa shape index (κ3) is 3.45. The first-order valence-electron chi connectivity index (χ1n) is 7.98. The van der Waals surface area contributed by atoms with Crippen LogP contribution >= 0.6 is 23.4 Å². The van der Waals surface area contributed by atoms with E-state index in [0.717, 1.165) is 0 Å². The molecular weight excluding hydrogens is 389 g/mol. The van der Waals surface area contributed by atoms with Crippen LogP contribution < -0.4 is 5.56 Å². The summed E-state index contributed by atoms with van der Waals surface area (Å²) in [7, 11) is 1.76. The highest BCUT2D eigenvalue weighted by Crippen LogP contribution is 2.26. The van der Waals surface area contributed by atoms with E-state index in [1.807, 2.05) is 0 Å². The Balaban J connectivity index is 1.60. The van der Waals surface area contributed by atoms with E-state index in [2.05, 4.69) is 20.2 Å². The molecule has 4 aromatic rings. The Labute approximate surface area is 162 Å². The van der Waals surface area contributed by atoms with Crippen LogP contribution in [-0.4, -0.2) is 24.7 Å². The van der Waals surface area contributed by atoms with Crippen LogP contribution in [0.1, 0.15) is 5.82 Å². The Morgan fingerprint density at radius 2 is 2.04 bits per heavy atom. The molecule has 27 heavy (non-hydrogen) atoms. The second-order valence-electron chi connectivity index (χ2n) is 5.81. The average Bonchev–Trinajstić information content (AvgIpc) is 3.00. The maximum absolute atomic E-state index is 14.0. The molecule has 2 aromatic heterocycles. The molecule has 0 spiro atoms. The number of fused-ring (bicyclic) bond motifs is 1. The molecule has 1 N–H and O–H groups in total. The number of halogens is 2. The van der Waals surface area contributed by atoms with Gasteiger partial charge in [-0.2, -0.15) is 0 Å². The van der Waals surface area contributed by atoms with Gasteiger partial charge in [0.05, 0.1) is 22.2 Å². The van der Waals surface area contributed by atoms with Gasteiger partial charge in [0, 0.05) is 12.1 Å². The zero-order chi connectivity index (χ0) is 19.0. The van der Waals surface area contributed by atoms with Crippen molar-refractivity contribution >= 4 is 34.3 Å². The van der Waals surface area contributed by atoms with Crippen molar-refractivity contribution < 1.29 is 4.39 Å². The minimum atomic E-state index is -0.359. The maximum atomic E-state index is 14.0. The van der Waals surface area contributed by atoms with Gasteiger partial charge in [0.1, 0.15) is 11.6 Å². The lowest BCUT2D eigenvalue weighted by atomic mass is 10.2. The highest BCUT2D eigenvalue weighted by Gasteiger charge is 2.15. The van der Waals surface area contributed by atoms with E-state index < -0.39 is 0 Å². The lowest BCUT2D eigenvalue weighted by Gasteiger charge is -2.05. The number of benzene rings is 2. The number of thioether (sulfide) groups is 1. The number of H-pyrrole nitrogens is 1. The molecule has 2 aromatic carbocycles. The van der Waals surface area contributed by atoms with Crippen LogP contribution in [0.5, 0.6) is 0 Å². The molecular formula is C18H13ClFN5OS. The van der Waals surface area contributed by atoms with Gasteiger partial charge in [-0.05, 0) is 30.3 Å². The quantitative estimate of drug-likeness (QED) is 0.526. The molecule has 0 aliphatic heterocycles. The lowest BCUT2D eigenvalue weighted by molar-refractivity contribution is 0.628. The summed E-state index contributed by atoms with van der Waals surface area (Å²) in [5, 5.41) is 9.78. The summed E-state index contributed by atoms with van der Waals surface area (Å²) in [6.45, 7) is 0. The molecule has 0 atom stereocenters. The predicted octanol–water partition coefficient (Wildman–Crippen LogP) is 3.80. The van der Waals surface area contributed by atoms with Crippen molar-refractivity contribution in [1.29, 1.82) is 0 Å². The molecule has 0 unspecified atom stereocenters. The monoisotopic (exact) mass is 401 g/mol. The zero-order valence-electron chi connectivity index (χ0n) is 14.1. The second kappa shape index (κ2) is 7.13. The topological polar surface area (TPSA) is 76.5 Å². The first kappa shape index (κ1) is 17.7. The number of aromatic nitrogens is 5. The van der Waals surface area contributed by atoms with Crippen LogP contribution in [0.3, 0.4) is 0 Å². The van der Waals surface area contributed by atoms with Gasteiger partial charge in [-0.3, -0.25) is 4.79 Å². The summed E-state index contributed by atoms with van der Waals surface area (Å²) < 4.78 is 15.7. The summed E-state index contributed by atoms with van der Waals surface area (Å²) >= 11 is 7.33. The highest BCUT2D eigenvalue weighted by molar-refractivity contribution is 7.98. The maximum Gasteiger partial charge on any atom is 0.258 e. The van der Waals surface area contributed by atoms with Gasteiger partial charge in [0.15, 0.2) is 11.0 Å². The summed E-state index contributed by atoms with van der Waals surface area (Å²) in [5.41, 5.74) is 0.690. The Morgan fingerprint density at radius 1 is 1.22 bits per heavy atom. The number of nitrogens with zero attached hydrogens (tertiary/aromatic N) is 4. The van der Waals surface area contributed by atoms with E-state index in [1.165, 1.54) is 17.8 Å². The summed E-state index contributed by atoms with van der Waals surface area (Å²) in [6, 6.07) is 11.3. The Bertz CT molecular complexity index is 1210. The van der Waals surface area contributed by atoms with Crippen molar-refractivity contribution in [2.75, 3.05) is 0 Å². The fraction of sp³-hybridized carbons (Fsp3) is 0.111. The van der Waals surface area contributed by atoms with Crippen LogP contribution in [0, 0.1) is 5.82 Å². The van der Waals surface area contributed by atoms with Gasteiger partial charge in [0.2, 0.25) is 0 Å². The Kier molecular flexibility index (Phi) is 4.67. The van der Waals surface area contributed by atoms with E-state index in [4.69, 9.17) is 11.6 Å². The van der Waals surface area contributed by atoms with Crippen molar-refractivity contribution in [1.82, 2.24) is 24.7 Å². The highest BCUT2D eigenvalue weighted by atomic mass is 35.5. The average molecular weight is 402 g/mol. The van der Waals surface area contributed by atoms with E-state index in [-0.39, 0.29) is 11.4 Å². The van der Waals surface area contributed by atoms with Crippen LogP contribution in [-0.2, 0) is 12.8 Å². The standard InChI is InChI=1S/C18H13ClFN5OS/c1-25-16(11-4-2-3-5-13(11)20)23-24-18(25)27-9-15-21-14-8-10(19)6-7-12(14)17(26)22-15/h2-8H,9H2,1H3,(H,21,22,26). The fourth-order valence-corrected chi connectivity index (χ4v) is 3.63. The fourth-order valence-electron chi connectivity index (χ4n) is 2.68. The smallest absolute Gasteiger partial charge is 0.258 e. The number of hydrogen-bond donors (Lipinski definition) is 1. The minimum absolute atomic E-state index is 0.225. The minimum Gasteiger partial charge on any atom is -0.309 e. The molecule has 0 saturated heterocycles. The van der Waals surface area contributed by atoms with Crippen LogP contribution in [0.2, 0.25) is 5.02 Å². The molecule has 2 heterocycles. The van der Waals surface area contributed by atoms with Crippen LogP contribution in [0.25, 0.3) is 22.3 Å². The largest absolute Gasteiger partial charge is 0.309 e. The molecule has 0 aliphatic rings. The summed E-state index contributed by atoms with van der Waals surface area (Å²) in [4.78, 5) is 19.4. The predicted molar refractivity (Wildman–Crippen MR) is 103 cm³/mol. The Morgan fingerprint density at radius 3 is 2.85 bits per heavy atom. The van der Waals surface area contributed by atoms with Gasteiger partial charge < -0.3 is 9.55 Å². The molecule has 0 saturated carbocycles. The lowest BCUT2D eigenvalue weighted by Crippen LogP contribution is -2.11. The molecule has 0 radical (unpaired) electrons. The van der Waals surface area contributed by atoms with Gasteiger partial charge in [-0.1, -0.05) is 35.5 Å². The molecule has 0 bridgehead atoms. The van der Waals surface area contributed by atoms with E-state index >= 15 is 0 Å². The number of hydrogen-bond acceptors (Lipinski definition) is 5.